The molecule has 0 fully saturated rings. The Labute approximate surface area is 97.2 Å². The Balaban J connectivity index is 2.73. The molecule has 0 radical (unpaired) electrons. The van der Waals surface area contributed by atoms with Crippen molar-refractivity contribution in [1.82, 2.24) is 10.3 Å². The summed E-state index contributed by atoms with van der Waals surface area (Å²) in [7, 11) is 1.90. The lowest BCUT2D eigenvalue weighted by molar-refractivity contribution is 0.818. The fraction of sp³-hybridized carbons (Fsp3) is 0.300. The first-order valence-corrected chi connectivity index (χ1v) is 5.35. The maximum atomic E-state index is 5.74. The standard InChI is InChI=1S/C10H10BrClN2/c1-13-5-3-2-4-8-6-10(12)14-7-9(8)11/h6-7,13H,3,5H2,1H3. The number of hydrogen-bond donors (Lipinski definition) is 1. The van der Waals surface area contributed by atoms with Crippen LogP contribution in [0.4, 0.5) is 0 Å². The third-order valence-corrected chi connectivity index (χ3v) is 2.38. The Kier molecular flexibility index (Phi) is 4.95. The molecule has 0 saturated carbocycles. The Morgan fingerprint density at radius 3 is 3.14 bits per heavy atom. The highest BCUT2D eigenvalue weighted by molar-refractivity contribution is 9.10. The van der Waals surface area contributed by atoms with Crippen LogP contribution in [0, 0.1) is 11.8 Å². The van der Waals surface area contributed by atoms with Gasteiger partial charge in [0.25, 0.3) is 0 Å². The summed E-state index contributed by atoms with van der Waals surface area (Å²) in [5.74, 6) is 6.07. The lowest BCUT2D eigenvalue weighted by atomic mass is 10.2. The molecule has 1 aromatic rings. The molecule has 0 aromatic carbocycles. The molecule has 1 rings (SSSR count). The van der Waals surface area contributed by atoms with Crippen LogP contribution in [0.25, 0.3) is 0 Å². The molecule has 1 aromatic heterocycles. The Morgan fingerprint density at radius 2 is 2.43 bits per heavy atom. The van der Waals surface area contributed by atoms with E-state index in [-0.39, 0.29) is 0 Å². The van der Waals surface area contributed by atoms with Crippen LogP contribution in [0.2, 0.25) is 5.15 Å². The van der Waals surface area contributed by atoms with Gasteiger partial charge in [0.2, 0.25) is 0 Å². The quantitative estimate of drug-likeness (QED) is 0.509. The van der Waals surface area contributed by atoms with Crippen molar-refractivity contribution in [2.75, 3.05) is 13.6 Å². The summed E-state index contributed by atoms with van der Waals surface area (Å²) in [6.07, 6.45) is 2.48. The second kappa shape index (κ2) is 6.02. The number of hydrogen-bond acceptors (Lipinski definition) is 2. The zero-order valence-corrected chi connectivity index (χ0v) is 10.1. The molecular weight excluding hydrogens is 263 g/mol. The van der Waals surface area contributed by atoms with E-state index in [0.29, 0.717) is 5.15 Å². The summed E-state index contributed by atoms with van der Waals surface area (Å²) in [5.41, 5.74) is 0.876. The van der Waals surface area contributed by atoms with Crippen molar-refractivity contribution in [3.8, 4) is 11.8 Å². The maximum absolute atomic E-state index is 5.74. The van der Waals surface area contributed by atoms with E-state index in [1.807, 2.05) is 7.05 Å². The lowest BCUT2D eigenvalue weighted by Crippen LogP contribution is -2.05. The van der Waals surface area contributed by atoms with Crippen molar-refractivity contribution in [2.24, 2.45) is 0 Å². The number of nitrogens with zero attached hydrogens (tertiary/aromatic N) is 1. The average molecular weight is 274 g/mol. The van der Waals surface area contributed by atoms with Gasteiger partial charge in [0.05, 0.1) is 4.47 Å². The molecule has 0 aliphatic carbocycles. The highest BCUT2D eigenvalue weighted by Crippen LogP contribution is 2.17. The molecule has 14 heavy (non-hydrogen) atoms. The molecule has 0 saturated heterocycles. The minimum atomic E-state index is 0.464. The highest BCUT2D eigenvalue weighted by atomic mass is 79.9. The number of aromatic nitrogens is 1. The third-order valence-electron chi connectivity index (χ3n) is 1.55. The minimum Gasteiger partial charge on any atom is -0.319 e. The summed E-state index contributed by atoms with van der Waals surface area (Å²) in [5, 5.41) is 3.49. The summed E-state index contributed by atoms with van der Waals surface area (Å²) < 4.78 is 0.874. The van der Waals surface area contributed by atoms with E-state index in [0.717, 1.165) is 23.0 Å². The van der Waals surface area contributed by atoms with Gasteiger partial charge >= 0.3 is 0 Å². The molecular formula is C10H10BrClN2. The van der Waals surface area contributed by atoms with E-state index in [9.17, 15) is 0 Å². The van der Waals surface area contributed by atoms with Crippen molar-refractivity contribution in [3.05, 3.63) is 27.5 Å². The maximum Gasteiger partial charge on any atom is 0.130 e. The normalized spacial score (nSPS) is 9.36. The molecule has 2 nitrogen and oxygen atoms in total. The first-order chi connectivity index (χ1) is 6.74. The Bertz CT molecular complexity index is 368. The molecule has 4 heteroatoms. The first-order valence-electron chi connectivity index (χ1n) is 4.18. The van der Waals surface area contributed by atoms with E-state index >= 15 is 0 Å². The Hall–Kier alpha value is -0.560. The van der Waals surface area contributed by atoms with E-state index < -0.39 is 0 Å². The van der Waals surface area contributed by atoms with E-state index in [1.165, 1.54) is 0 Å². The molecule has 1 heterocycles. The van der Waals surface area contributed by atoms with Crippen LogP contribution in [-0.4, -0.2) is 18.6 Å². The molecule has 0 atom stereocenters. The minimum absolute atomic E-state index is 0.464. The van der Waals surface area contributed by atoms with Gasteiger partial charge < -0.3 is 5.32 Å². The van der Waals surface area contributed by atoms with Gasteiger partial charge in [-0.2, -0.15) is 0 Å². The molecule has 0 amide bonds. The van der Waals surface area contributed by atoms with Gasteiger partial charge in [-0.15, -0.1) is 0 Å². The number of rotatable bonds is 2. The zero-order chi connectivity index (χ0) is 10.4. The van der Waals surface area contributed by atoms with Gasteiger partial charge in [-0.25, -0.2) is 4.98 Å². The van der Waals surface area contributed by atoms with Crippen LogP contribution in [0.5, 0.6) is 0 Å². The van der Waals surface area contributed by atoms with Crippen LogP contribution in [0.3, 0.4) is 0 Å². The third kappa shape index (κ3) is 3.67. The average Bonchev–Trinajstić information content (AvgIpc) is 2.18. The summed E-state index contributed by atoms with van der Waals surface area (Å²) >= 11 is 9.11. The second-order valence-corrected chi connectivity index (χ2v) is 3.88. The van der Waals surface area contributed by atoms with Crippen LogP contribution in [-0.2, 0) is 0 Å². The van der Waals surface area contributed by atoms with Gasteiger partial charge in [-0.1, -0.05) is 23.4 Å². The van der Waals surface area contributed by atoms with E-state index in [2.05, 4.69) is 38.1 Å². The van der Waals surface area contributed by atoms with Crippen LogP contribution in [0.1, 0.15) is 12.0 Å². The number of nitrogens with one attached hydrogen (secondary N) is 1. The van der Waals surface area contributed by atoms with Crippen molar-refractivity contribution in [1.29, 1.82) is 0 Å². The van der Waals surface area contributed by atoms with Crippen molar-refractivity contribution in [2.45, 2.75) is 6.42 Å². The van der Waals surface area contributed by atoms with Crippen LogP contribution in [0.15, 0.2) is 16.7 Å². The topological polar surface area (TPSA) is 24.9 Å². The van der Waals surface area contributed by atoms with E-state index in [4.69, 9.17) is 11.6 Å². The molecule has 0 unspecified atom stereocenters. The molecule has 1 N–H and O–H groups in total. The van der Waals surface area contributed by atoms with Gasteiger partial charge in [-0.05, 0) is 29.0 Å². The van der Waals surface area contributed by atoms with Crippen molar-refractivity contribution < 1.29 is 0 Å². The molecule has 0 bridgehead atoms. The van der Waals surface area contributed by atoms with Crippen molar-refractivity contribution >= 4 is 27.5 Å². The molecule has 0 aliphatic rings. The van der Waals surface area contributed by atoms with E-state index in [1.54, 1.807) is 12.3 Å². The fourth-order valence-electron chi connectivity index (χ4n) is 0.854. The summed E-state index contributed by atoms with van der Waals surface area (Å²) in [6, 6.07) is 1.75. The Morgan fingerprint density at radius 1 is 1.64 bits per heavy atom. The number of halogens is 2. The lowest BCUT2D eigenvalue weighted by Gasteiger charge is -1.95. The summed E-state index contributed by atoms with van der Waals surface area (Å²) in [6.45, 7) is 0.892. The molecule has 74 valence electrons. The van der Waals surface area contributed by atoms with Crippen LogP contribution >= 0.6 is 27.5 Å². The fourth-order valence-corrected chi connectivity index (χ4v) is 1.33. The van der Waals surface area contributed by atoms with Crippen molar-refractivity contribution in [3.63, 3.8) is 0 Å². The largest absolute Gasteiger partial charge is 0.319 e. The van der Waals surface area contributed by atoms with Gasteiger partial charge in [0, 0.05) is 24.7 Å². The smallest absolute Gasteiger partial charge is 0.130 e. The van der Waals surface area contributed by atoms with Gasteiger partial charge in [0.1, 0.15) is 5.15 Å². The van der Waals surface area contributed by atoms with Crippen LogP contribution < -0.4 is 5.32 Å². The monoisotopic (exact) mass is 272 g/mol. The SMILES string of the molecule is CNCCC#Cc1cc(Cl)ncc1Br. The predicted molar refractivity (Wildman–Crippen MR) is 62.4 cm³/mol. The first kappa shape index (κ1) is 11.5. The molecule has 0 spiro atoms. The summed E-state index contributed by atoms with van der Waals surface area (Å²) in [4.78, 5) is 3.92. The highest BCUT2D eigenvalue weighted by Gasteiger charge is 1.97. The predicted octanol–water partition coefficient (Wildman–Crippen LogP) is 2.46. The second-order valence-electron chi connectivity index (χ2n) is 2.64. The number of pyridine rings is 1. The van der Waals surface area contributed by atoms with Gasteiger partial charge in [-0.3, -0.25) is 0 Å². The van der Waals surface area contributed by atoms with Gasteiger partial charge in [0.15, 0.2) is 0 Å². The zero-order valence-electron chi connectivity index (χ0n) is 7.77. The molecule has 0 aliphatic heterocycles.